The smallest absolute Gasteiger partial charge is 0.338 e. The van der Waals surface area contributed by atoms with Gasteiger partial charge in [-0.3, -0.25) is 14.2 Å². The number of nitrogens with zero attached hydrogens (tertiary/aromatic N) is 2. The minimum Gasteiger partial charge on any atom is -0.463 e. The summed E-state index contributed by atoms with van der Waals surface area (Å²) in [5, 5.41) is 2.86. The Labute approximate surface area is 232 Å². The number of allylic oxidation sites excluding steroid dienone is 1. The Morgan fingerprint density at radius 1 is 1.16 bits per heavy atom. The van der Waals surface area contributed by atoms with E-state index in [9.17, 15) is 14.4 Å². The van der Waals surface area contributed by atoms with Crippen molar-refractivity contribution in [2.75, 3.05) is 11.9 Å². The highest BCUT2D eigenvalue weighted by atomic mass is 79.9. The van der Waals surface area contributed by atoms with Crippen LogP contribution in [0.1, 0.15) is 69.2 Å². The molecule has 0 bridgehead atoms. The van der Waals surface area contributed by atoms with Crippen LogP contribution in [0.3, 0.4) is 0 Å². The van der Waals surface area contributed by atoms with Gasteiger partial charge in [0.2, 0.25) is 0 Å². The van der Waals surface area contributed by atoms with E-state index in [4.69, 9.17) is 9.73 Å². The predicted molar refractivity (Wildman–Crippen MR) is 152 cm³/mol. The Balaban J connectivity index is 1.82. The van der Waals surface area contributed by atoms with Gasteiger partial charge in [0, 0.05) is 15.7 Å². The maximum absolute atomic E-state index is 14.1. The summed E-state index contributed by atoms with van der Waals surface area (Å²) in [4.78, 5) is 45.8. The van der Waals surface area contributed by atoms with Gasteiger partial charge in [0.05, 0.1) is 29.5 Å². The third kappa shape index (κ3) is 4.47. The molecule has 3 aromatic rings. The first-order valence-electron chi connectivity index (χ1n) is 12.7. The summed E-state index contributed by atoms with van der Waals surface area (Å²) in [6.07, 6.45) is 1.33. The third-order valence-corrected chi connectivity index (χ3v) is 8.29. The van der Waals surface area contributed by atoms with Gasteiger partial charge in [0.15, 0.2) is 4.80 Å². The monoisotopic (exact) mass is 593 g/mol. The molecule has 2 aliphatic rings. The topological polar surface area (TPSA) is 89.8 Å². The molecule has 3 heterocycles. The highest BCUT2D eigenvalue weighted by Crippen LogP contribution is 2.35. The number of halogens is 1. The van der Waals surface area contributed by atoms with E-state index in [1.165, 1.54) is 11.3 Å². The van der Waals surface area contributed by atoms with Crippen molar-refractivity contribution in [3.8, 4) is 0 Å². The van der Waals surface area contributed by atoms with Crippen LogP contribution >= 0.6 is 27.3 Å². The summed E-state index contributed by atoms with van der Waals surface area (Å²) < 4.78 is 8.11. The van der Waals surface area contributed by atoms with Gasteiger partial charge in [-0.15, -0.1) is 0 Å². The second-order valence-electron chi connectivity index (χ2n) is 9.57. The van der Waals surface area contributed by atoms with Crippen LogP contribution in [0.5, 0.6) is 0 Å². The first-order chi connectivity index (χ1) is 18.2. The van der Waals surface area contributed by atoms with Gasteiger partial charge >= 0.3 is 5.97 Å². The molecule has 0 aliphatic carbocycles. The van der Waals surface area contributed by atoms with Crippen molar-refractivity contribution in [1.29, 1.82) is 0 Å². The Kier molecular flexibility index (Phi) is 7.24. The maximum atomic E-state index is 14.1. The van der Waals surface area contributed by atoms with E-state index in [0.29, 0.717) is 49.8 Å². The van der Waals surface area contributed by atoms with Gasteiger partial charge in [-0.05, 0) is 48.6 Å². The minimum absolute atomic E-state index is 0.209. The van der Waals surface area contributed by atoms with E-state index >= 15 is 0 Å². The molecule has 5 rings (SSSR count). The largest absolute Gasteiger partial charge is 0.463 e. The van der Waals surface area contributed by atoms with Crippen LogP contribution in [-0.4, -0.2) is 23.1 Å². The van der Waals surface area contributed by atoms with Gasteiger partial charge in [-0.2, -0.15) is 0 Å². The number of esters is 1. The average Bonchev–Trinajstić information content (AvgIpc) is 3.38. The van der Waals surface area contributed by atoms with Crippen molar-refractivity contribution < 1.29 is 14.3 Å². The average molecular weight is 595 g/mol. The summed E-state index contributed by atoms with van der Waals surface area (Å²) in [5.74, 6) is -0.480. The molecule has 0 unspecified atom stereocenters. The Bertz CT molecular complexity index is 1660. The van der Waals surface area contributed by atoms with E-state index in [0.717, 1.165) is 22.0 Å². The lowest BCUT2D eigenvalue weighted by Gasteiger charge is -2.26. The van der Waals surface area contributed by atoms with Crippen molar-refractivity contribution in [3.63, 3.8) is 0 Å². The number of carbonyl (C=O) groups is 2. The molecule has 2 aromatic carbocycles. The van der Waals surface area contributed by atoms with Crippen molar-refractivity contribution in [2.24, 2.45) is 4.99 Å². The van der Waals surface area contributed by atoms with Gasteiger partial charge < -0.3 is 10.1 Å². The maximum Gasteiger partial charge on any atom is 0.338 e. The number of thiazole rings is 1. The standard InChI is InChI=1S/C29H28BrN3O4S/c1-5-7-21-23(28(36)37-6-2)24(17-10-8-16(9-11-17)15(3)4)33-27(35)25(38-29(33)32-21)22-19-14-18(30)12-13-20(19)31-26(22)34/h8-15,24H,5-7H2,1-4H3,(H,31,34)/b25-22-/t24-/m0/s1. The fraction of sp³-hybridized carbons (Fsp3) is 0.310. The highest BCUT2D eigenvalue weighted by Gasteiger charge is 2.36. The highest BCUT2D eigenvalue weighted by molar-refractivity contribution is 9.10. The summed E-state index contributed by atoms with van der Waals surface area (Å²) >= 11 is 4.65. The SMILES string of the molecule is CCCC1=C(C(=O)OCC)[C@H](c2ccc(C(C)C)cc2)n2c(s/c(=C3\C(=O)Nc4ccc(Br)cc43)c2=O)=N1. The van der Waals surface area contributed by atoms with E-state index in [-0.39, 0.29) is 18.1 Å². The molecule has 196 valence electrons. The molecule has 2 aliphatic heterocycles. The summed E-state index contributed by atoms with van der Waals surface area (Å²) in [7, 11) is 0. The number of hydrogen-bond donors (Lipinski definition) is 1. The molecule has 7 nitrogen and oxygen atoms in total. The number of carbonyl (C=O) groups excluding carboxylic acids is 2. The van der Waals surface area contributed by atoms with E-state index < -0.39 is 12.0 Å². The minimum atomic E-state index is -0.714. The number of rotatable bonds is 6. The molecule has 9 heteroatoms. The normalized spacial score (nSPS) is 17.7. The molecular formula is C29H28BrN3O4S. The van der Waals surface area contributed by atoms with Gasteiger partial charge in [0.1, 0.15) is 4.53 Å². The lowest BCUT2D eigenvalue weighted by Crippen LogP contribution is -2.40. The zero-order valence-corrected chi connectivity index (χ0v) is 24.0. The van der Waals surface area contributed by atoms with Crippen LogP contribution in [0.4, 0.5) is 5.69 Å². The van der Waals surface area contributed by atoms with E-state index in [1.807, 2.05) is 43.3 Å². The van der Waals surface area contributed by atoms with Crippen LogP contribution in [0.15, 0.2) is 68.0 Å². The zero-order valence-electron chi connectivity index (χ0n) is 21.6. The van der Waals surface area contributed by atoms with Crippen LogP contribution in [0, 0.1) is 0 Å². The van der Waals surface area contributed by atoms with Gasteiger partial charge in [-0.25, -0.2) is 9.79 Å². The van der Waals surface area contributed by atoms with Crippen molar-refractivity contribution in [3.05, 3.63) is 94.6 Å². The van der Waals surface area contributed by atoms with E-state index in [2.05, 4.69) is 35.1 Å². The second-order valence-corrected chi connectivity index (χ2v) is 11.5. The number of nitrogens with one attached hydrogen (secondary N) is 1. The summed E-state index contributed by atoms with van der Waals surface area (Å²) in [6, 6.07) is 12.7. The number of benzene rings is 2. The summed E-state index contributed by atoms with van der Waals surface area (Å²) in [5.41, 5.74) is 4.19. The number of fused-ring (bicyclic) bond motifs is 2. The second kappa shape index (κ2) is 10.5. The molecule has 0 spiro atoms. The lowest BCUT2D eigenvalue weighted by atomic mass is 9.92. The fourth-order valence-corrected chi connectivity index (χ4v) is 6.39. The fourth-order valence-electron chi connectivity index (χ4n) is 4.91. The Morgan fingerprint density at radius 2 is 1.89 bits per heavy atom. The molecule has 1 amide bonds. The molecule has 1 aromatic heterocycles. The first kappa shape index (κ1) is 26.3. The molecule has 0 fully saturated rings. The third-order valence-electron chi connectivity index (χ3n) is 6.74. The molecule has 0 saturated heterocycles. The number of aromatic nitrogens is 1. The first-order valence-corrected chi connectivity index (χ1v) is 14.3. The van der Waals surface area contributed by atoms with Crippen molar-refractivity contribution >= 4 is 50.4 Å². The molecular weight excluding hydrogens is 566 g/mol. The number of anilines is 1. The van der Waals surface area contributed by atoms with Crippen molar-refractivity contribution in [1.82, 2.24) is 4.57 Å². The predicted octanol–water partition coefficient (Wildman–Crippen LogP) is 4.79. The number of amides is 1. The summed E-state index contributed by atoms with van der Waals surface area (Å²) in [6.45, 7) is 8.22. The van der Waals surface area contributed by atoms with Gasteiger partial charge in [-0.1, -0.05) is 78.7 Å². The zero-order chi connectivity index (χ0) is 27.1. The Hall–Kier alpha value is -3.30. The molecule has 38 heavy (non-hydrogen) atoms. The van der Waals surface area contributed by atoms with Crippen LogP contribution in [-0.2, 0) is 14.3 Å². The van der Waals surface area contributed by atoms with Gasteiger partial charge in [0.25, 0.3) is 11.5 Å². The molecule has 0 radical (unpaired) electrons. The lowest BCUT2D eigenvalue weighted by molar-refractivity contribution is -0.139. The number of ether oxygens (including phenoxy) is 1. The number of hydrogen-bond acceptors (Lipinski definition) is 6. The molecule has 0 saturated carbocycles. The van der Waals surface area contributed by atoms with Crippen molar-refractivity contribution in [2.45, 2.75) is 52.5 Å². The quantitative estimate of drug-likeness (QED) is 0.416. The molecule has 1 atom stereocenters. The molecule has 1 N–H and O–H groups in total. The van der Waals surface area contributed by atoms with Crippen LogP contribution in [0.25, 0.3) is 5.57 Å². The van der Waals surface area contributed by atoms with Crippen LogP contribution < -0.4 is 20.2 Å². The van der Waals surface area contributed by atoms with E-state index in [1.54, 1.807) is 17.6 Å². The Morgan fingerprint density at radius 3 is 2.55 bits per heavy atom. The van der Waals surface area contributed by atoms with Crippen LogP contribution in [0.2, 0.25) is 0 Å².